The first-order chi connectivity index (χ1) is 11.4. The van der Waals surface area contributed by atoms with Crippen LogP contribution in [0.2, 0.25) is 5.02 Å². The van der Waals surface area contributed by atoms with Crippen LogP contribution in [0.3, 0.4) is 0 Å². The Labute approximate surface area is 145 Å². The lowest BCUT2D eigenvalue weighted by Gasteiger charge is -2.09. The minimum absolute atomic E-state index is 0.0137. The quantitative estimate of drug-likeness (QED) is 0.653. The number of nitrogens with zero attached hydrogens (tertiary/aromatic N) is 1. The zero-order valence-electron chi connectivity index (χ0n) is 13.8. The molecule has 1 saturated heterocycles. The molecule has 1 fully saturated rings. The van der Waals surface area contributed by atoms with Crippen molar-refractivity contribution in [2.75, 3.05) is 18.9 Å². The van der Waals surface area contributed by atoms with E-state index in [0.717, 1.165) is 19.3 Å². The second kappa shape index (κ2) is 9.69. The minimum atomic E-state index is -4.50. The average molecular weight is 363 g/mol. The lowest BCUT2D eigenvalue weighted by Crippen LogP contribution is -2.09. The van der Waals surface area contributed by atoms with Gasteiger partial charge in [0.1, 0.15) is 5.69 Å². The molecule has 24 heavy (non-hydrogen) atoms. The topological polar surface area (TPSA) is 48.1 Å². The monoisotopic (exact) mass is 362 g/mol. The maximum absolute atomic E-state index is 12.4. The molecule has 0 aliphatic carbocycles. The van der Waals surface area contributed by atoms with Gasteiger partial charge in [-0.25, -0.2) is 4.98 Å². The van der Waals surface area contributed by atoms with E-state index < -0.39 is 11.9 Å². The highest BCUT2D eigenvalue weighted by molar-refractivity contribution is 6.31. The Kier molecular flexibility index (Phi) is 8.28. The van der Waals surface area contributed by atoms with Crippen LogP contribution in [0.15, 0.2) is 24.3 Å². The van der Waals surface area contributed by atoms with Crippen molar-refractivity contribution in [3.05, 3.63) is 35.0 Å². The van der Waals surface area contributed by atoms with E-state index in [4.69, 9.17) is 22.1 Å². The molecular weight excluding hydrogens is 341 g/mol. The van der Waals surface area contributed by atoms with E-state index in [1.807, 2.05) is 13.8 Å². The fourth-order valence-corrected chi connectivity index (χ4v) is 2.23. The summed E-state index contributed by atoms with van der Waals surface area (Å²) in [6, 6.07) is 5.16. The summed E-state index contributed by atoms with van der Waals surface area (Å²) in [5, 5.41) is 0.821. The maximum atomic E-state index is 12.4. The number of nitrogens with two attached hydrogens (primary N) is 1. The summed E-state index contributed by atoms with van der Waals surface area (Å²) in [4.78, 5) is 3.48. The van der Waals surface area contributed by atoms with E-state index in [1.54, 1.807) is 0 Å². The van der Waals surface area contributed by atoms with E-state index in [1.165, 1.54) is 37.5 Å². The summed E-state index contributed by atoms with van der Waals surface area (Å²) in [5.41, 5.74) is 4.72. The van der Waals surface area contributed by atoms with Crippen molar-refractivity contribution >= 4 is 28.2 Å². The van der Waals surface area contributed by atoms with E-state index in [9.17, 15) is 13.2 Å². The Hall–Kier alpha value is -1.53. The standard InChI is InChI=1S/C10H6ClF3N2.C5H10O.C2H6/c11-5-1-2-8-6(3-5)7(15)4-9(16-8)10(12,13)14;1-2-4-6-5-3-1;1-2/h1-4H,(H2,15,16);1-5H2;1-2H3. The van der Waals surface area contributed by atoms with Gasteiger partial charge in [-0.05, 0) is 43.5 Å². The van der Waals surface area contributed by atoms with Crippen molar-refractivity contribution in [3.63, 3.8) is 0 Å². The number of aromatic nitrogens is 1. The number of benzene rings is 1. The Bertz CT molecular complexity index is 632. The van der Waals surface area contributed by atoms with Crippen LogP contribution in [0.5, 0.6) is 0 Å². The zero-order chi connectivity index (χ0) is 18.2. The average Bonchev–Trinajstić information content (AvgIpc) is 2.58. The van der Waals surface area contributed by atoms with Gasteiger partial charge in [0, 0.05) is 29.3 Å². The van der Waals surface area contributed by atoms with Crippen molar-refractivity contribution in [1.29, 1.82) is 0 Å². The number of rotatable bonds is 0. The molecule has 3 rings (SSSR count). The van der Waals surface area contributed by atoms with E-state index in [0.29, 0.717) is 10.4 Å². The smallest absolute Gasteiger partial charge is 0.398 e. The minimum Gasteiger partial charge on any atom is -0.398 e. The van der Waals surface area contributed by atoms with Crippen LogP contribution >= 0.6 is 11.6 Å². The number of nitrogen functional groups attached to an aromatic ring is 1. The van der Waals surface area contributed by atoms with E-state index in [2.05, 4.69) is 4.98 Å². The van der Waals surface area contributed by atoms with Gasteiger partial charge in [0.2, 0.25) is 0 Å². The molecule has 0 unspecified atom stereocenters. The maximum Gasteiger partial charge on any atom is 0.433 e. The Morgan fingerprint density at radius 2 is 1.71 bits per heavy atom. The third-order valence-electron chi connectivity index (χ3n) is 3.17. The fraction of sp³-hybridized carbons (Fsp3) is 0.471. The zero-order valence-corrected chi connectivity index (χ0v) is 14.5. The number of ether oxygens (including phenoxy) is 1. The van der Waals surface area contributed by atoms with Gasteiger partial charge in [0.15, 0.2) is 0 Å². The van der Waals surface area contributed by atoms with Crippen LogP contribution in [0.4, 0.5) is 18.9 Å². The Morgan fingerprint density at radius 1 is 1.08 bits per heavy atom. The molecule has 0 atom stereocenters. The van der Waals surface area contributed by atoms with Gasteiger partial charge in [-0.2, -0.15) is 13.2 Å². The number of hydrogen-bond acceptors (Lipinski definition) is 3. The molecule has 1 aromatic carbocycles. The van der Waals surface area contributed by atoms with Crippen LogP contribution in [0.1, 0.15) is 38.8 Å². The second-order valence-corrected chi connectivity index (χ2v) is 5.37. The predicted molar refractivity (Wildman–Crippen MR) is 92.2 cm³/mol. The third kappa shape index (κ3) is 6.17. The molecule has 0 saturated carbocycles. The van der Waals surface area contributed by atoms with Gasteiger partial charge >= 0.3 is 6.18 Å². The lowest BCUT2D eigenvalue weighted by molar-refractivity contribution is -0.140. The molecule has 0 radical (unpaired) electrons. The highest BCUT2D eigenvalue weighted by Crippen LogP contribution is 2.32. The molecular formula is C17H22ClF3N2O. The van der Waals surface area contributed by atoms with Crippen LogP contribution in [-0.4, -0.2) is 18.2 Å². The molecule has 1 aromatic heterocycles. The number of halogens is 4. The largest absolute Gasteiger partial charge is 0.433 e. The van der Waals surface area contributed by atoms with Gasteiger partial charge < -0.3 is 10.5 Å². The van der Waals surface area contributed by atoms with Gasteiger partial charge in [0.25, 0.3) is 0 Å². The summed E-state index contributed by atoms with van der Waals surface area (Å²) in [6.07, 6.45) is -0.568. The van der Waals surface area contributed by atoms with Crippen LogP contribution in [0, 0.1) is 0 Å². The van der Waals surface area contributed by atoms with Crippen LogP contribution in [0.25, 0.3) is 10.9 Å². The summed E-state index contributed by atoms with van der Waals surface area (Å²) in [5.74, 6) is 0. The molecule has 2 aromatic rings. The fourth-order valence-electron chi connectivity index (χ4n) is 2.06. The molecule has 1 aliphatic heterocycles. The summed E-state index contributed by atoms with van der Waals surface area (Å²) in [7, 11) is 0. The van der Waals surface area contributed by atoms with Crippen molar-refractivity contribution in [3.8, 4) is 0 Å². The van der Waals surface area contributed by atoms with Gasteiger partial charge in [-0.15, -0.1) is 0 Å². The number of anilines is 1. The van der Waals surface area contributed by atoms with Crippen LogP contribution in [-0.2, 0) is 10.9 Å². The molecule has 1 aliphatic rings. The number of fused-ring (bicyclic) bond motifs is 1. The molecule has 0 amide bonds. The normalized spacial score (nSPS) is 14.2. The number of pyridine rings is 1. The van der Waals surface area contributed by atoms with Crippen molar-refractivity contribution in [2.45, 2.75) is 39.3 Å². The molecule has 134 valence electrons. The number of hydrogen-bond donors (Lipinski definition) is 1. The molecule has 0 spiro atoms. The number of alkyl halides is 3. The summed E-state index contributed by atoms with van der Waals surface area (Å²) in [6.45, 7) is 6.00. The highest BCUT2D eigenvalue weighted by atomic mass is 35.5. The van der Waals surface area contributed by atoms with Gasteiger partial charge in [-0.3, -0.25) is 0 Å². The summed E-state index contributed by atoms with van der Waals surface area (Å²) >= 11 is 5.71. The first-order valence-corrected chi connectivity index (χ1v) is 8.26. The highest BCUT2D eigenvalue weighted by Gasteiger charge is 2.33. The van der Waals surface area contributed by atoms with Crippen molar-refractivity contribution < 1.29 is 17.9 Å². The Morgan fingerprint density at radius 3 is 2.17 bits per heavy atom. The summed E-state index contributed by atoms with van der Waals surface area (Å²) < 4.78 is 42.4. The SMILES string of the molecule is C1CCOCC1.CC.Nc1cc(C(F)(F)F)nc2ccc(Cl)cc12. The van der Waals surface area contributed by atoms with Gasteiger partial charge in [0.05, 0.1) is 5.52 Å². The first kappa shape index (κ1) is 20.5. The van der Waals surface area contributed by atoms with Crippen molar-refractivity contribution in [1.82, 2.24) is 4.98 Å². The first-order valence-electron chi connectivity index (χ1n) is 7.88. The molecule has 2 N–H and O–H groups in total. The van der Waals surface area contributed by atoms with E-state index >= 15 is 0 Å². The third-order valence-corrected chi connectivity index (χ3v) is 3.41. The van der Waals surface area contributed by atoms with E-state index in [-0.39, 0.29) is 11.2 Å². The predicted octanol–water partition coefficient (Wildman–Crippen LogP) is 5.70. The molecule has 2 heterocycles. The van der Waals surface area contributed by atoms with Crippen LogP contribution < -0.4 is 5.73 Å². The molecule has 0 bridgehead atoms. The van der Waals surface area contributed by atoms with Crippen molar-refractivity contribution in [2.24, 2.45) is 0 Å². The molecule has 7 heteroatoms. The second-order valence-electron chi connectivity index (χ2n) is 4.93. The Balaban J connectivity index is 0.000000300. The lowest BCUT2D eigenvalue weighted by atomic mass is 10.1. The van der Waals surface area contributed by atoms with Gasteiger partial charge in [-0.1, -0.05) is 25.4 Å². The molecule has 3 nitrogen and oxygen atoms in total.